The molecule has 10 heteroatoms. The minimum Gasteiger partial charge on any atom is -0.424 e. The van der Waals surface area contributed by atoms with E-state index in [4.69, 9.17) is 14.7 Å². The highest BCUT2D eigenvalue weighted by atomic mass is 16.5. The Bertz CT molecular complexity index is 1820. The highest BCUT2D eigenvalue weighted by Crippen LogP contribution is 2.30. The lowest BCUT2D eigenvalue weighted by Gasteiger charge is -2.18. The summed E-state index contributed by atoms with van der Waals surface area (Å²) in [4.78, 5) is 14.1. The summed E-state index contributed by atoms with van der Waals surface area (Å²) in [6.45, 7) is 0.330. The molecule has 6 aromatic rings. The second kappa shape index (κ2) is 11.4. The Hall–Kier alpha value is -5.09. The normalized spacial score (nSPS) is 13.3. The van der Waals surface area contributed by atoms with E-state index >= 15 is 0 Å². The molecule has 0 spiro atoms. The van der Waals surface area contributed by atoms with Crippen molar-refractivity contribution in [1.82, 2.24) is 34.5 Å². The number of aromatic nitrogens is 7. The van der Waals surface area contributed by atoms with Gasteiger partial charge in [0, 0.05) is 0 Å². The molecule has 7 rings (SSSR count). The maximum Gasteiger partial charge on any atom is 0.326 e. The average Bonchev–Trinajstić information content (AvgIpc) is 3.78. The van der Waals surface area contributed by atoms with Crippen molar-refractivity contribution >= 4 is 17.0 Å². The fourth-order valence-electron chi connectivity index (χ4n) is 5.41. The molecule has 10 nitrogen and oxygen atoms in total. The summed E-state index contributed by atoms with van der Waals surface area (Å²) < 4.78 is 9.87. The number of imidazole rings is 1. The lowest BCUT2D eigenvalue weighted by molar-refractivity contribution is 0.273. The van der Waals surface area contributed by atoms with E-state index in [0.29, 0.717) is 35.7 Å². The first-order chi connectivity index (χ1) is 20.7. The van der Waals surface area contributed by atoms with Gasteiger partial charge in [0.1, 0.15) is 11.4 Å². The lowest BCUT2D eigenvalue weighted by atomic mass is 10.1. The number of aliphatic hydroxyl groups excluding tert-OH is 1. The van der Waals surface area contributed by atoms with Gasteiger partial charge in [0.05, 0.1) is 37.4 Å². The fraction of sp³-hybridized carbons (Fsp3) is 0.219. The maximum absolute atomic E-state index is 10.2. The van der Waals surface area contributed by atoms with Crippen LogP contribution in [0.5, 0.6) is 11.8 Å². The summed E-state index contributed by atoms with van der Waals surface area (Å²) in [6, 6.07) is 26.0. The Kier molecular flexibility index (Phi) is 7.03. The molecular weight excluding hydrogens is 528 g/mol. The van der Waals surface area contributed by atoms with Gasteiger partial charge in [0.15, 0.2) is 17.0 Å². The monoisotopic (exact) mass is 558 g/mol. The zero-order valence-electron chi connectivity index (χ0n) is 23.0. The molecule has 3 aromatic carbocycles. The second-order valence-corrected chi connectivity index (χ2v) is 10.5. The van der Waals surface area contributed by atoms with Crippen molar-refractivity contribution in [2.75, 3.05) is 11.9 Å². The molecule has 0 aliphatic heterocycles. The van der Waals surface area contributed by atoms with Gasteiger partial charge in [0.25, 0.3) is 0 Å². The van der Waals surface area contributed by atoms with E-state index in [1.807, 2.05) is 77.5 Å². The number of aliphatic hydroxyl groups is 1. The molecule has 3 heterocycles. The standard InChI is InChI=1S/C32H30N8O2/c41-20-25(16-22-8-3-1-4-9-22)34-30-29-31(36-32(35-30)42-28-15-14-23-10-7-11-24(23)17-28)39(21-33-29)18-26-19-40(38-37-26)27-12-5-2-6-13-27/h1-6,8-9,12-15,17,19,21,25,41H,7,10-11,16,18,20H2,(H,34,35,36)/t25-/m0/s1. The Morgan fingerprint density at radius 1 is 0.929 bits per heavy atom. The van der Waals surface area contributed by atoms with Gasteiger partial charge in [-0.3, -0.25) is 0 Å². The van der Waals surface area contributed by atoms with Crippen LogP contribution in [0.4, 0.5) is 5.82 Å². The summed E-state index contributed by atoms with van der Waals surface area (Å²) in [5.41, 5.74) is 6.64. The maximum atomic E-state index is 10.2. The Balaban J connectivity index is 1.22. The van der Waals surface area contributed by atoms with E-state index in [0.717, 1.165) is 36.2 Å². The van der Waals surface area contributed by atoms with Gasteiger partial charge in [-0.1, -0.05) is 59.8 Å². The number of hydrogen-bond acceptors (Lipinski definition) is 8. The van der Waals surface area contributed by atoms with Crippen molar-refractivity contribution in [3.05, 3.63) is 114 Å². The number of rotatable bonds is 10. The Morgan fingerprint density at radius 2 is 1.74 bits per heavy atom. The molecule has 1 atom stereocenters. The third kappa shape index (κ3) is 5.44. The van der Waals surface area contributed by atoms with Gasteiger partial charge in [-0.25, -0.2) is 9.67 Å². The van der Waals surface area contributed by atoms with Crippen molar-refractivity contribution in [2.24, 2.45) is 0 Å². The number of fused-ring (bicyclic) bond motifs is 2. The lowest BCUT2D eigenvalue weighted by Crippen LogP contribution is -2.27. The van der Waals surface area contributed by atoms with Crippen LogP contribution in [0, 0.1) is 0 Å². The molecule has 0 saturated heterocycles. The first-order valence-electron chi connectivity index (χ1n) is 14.1. The van der Waals surface area contributed by atoms with E-state index in [2.05, 4.69) is 32.7 Å². The van der Waals surface area contributed by atoms with E-state index in [1.54, 1.807) is 11.0 Å². The summed E-state index contributed by atoms with van der Waals surface area (Å²) in [5, 5.41) is 22.3. The van der Waals surface area contributed by atoms with Crippen LogP contribution in [0.25, 0.3) is 16.9 Å². The van der Waals surface area contributed by atoms with Gasteiger partial charge < -0.3 is 19.7 Å². The van der Waals surface area contributed by atoms with E-state index < -0.39 is 0 Å². The predicted octanol–water partition coefficient (Wildman–Crippen LogP) is 4.75. The third-order valence-corrected chi connectivity index (χ3v) is 7.50. The fourth-order valence-corrected chi connectivity index (χ4v) is 5.41. The number of benzene rings is 3. The highest BCUT2D eigenvalue weighted by Gasteiger charge is 2.20. The van der Waals surface area contributed by atoms with Crippen molar-refractivity contribution in [3.8, 4) is 17.4 Å². The predicted molar refractivity (Wildman–Crippen MR) is 159 cm³/mol. The quantitative estimate of drug-likeness (QED) is 0.248. The topological polar surface area (TPSA) is 116 Å². The Labute approximate surface area is 242 Å². The molecule has 0 bridgehead atoms. The van der Waals surface area contributed by atoms with E-state index in [-0.39, 0.29) is 18.7 Å². The van der Waals surface area contributed by atoms with E-state index in [1.165, 1.54) is 11.1 Å². The molecular formula is C32H30N8O2. The number of nitrogens with zero attached hydrogens (tertiary/aromatic N) is 7. The number of hydrogen-bond donors (Lipinski definition) is 2. The highest BCUT2D eigenvalue weighted by molar-refractivity contribution is 5.83. The molecule has 210 valence electrons. The molecule has 3 aromatic heterocycles. The first-order valence-corrected chi connectivity index (χ1v) is 14.1. The SMILES string of the molecule is OC[C@H](Cc1ccccc1)Nc1nc(Oc2ccc3c(c2)CCC3)nc2c1ncn2Cc1cn(-c2ccccc2)nn1. The van der Waals surface area contributed by atoms with Crippen LogP contribution in [0.2, 0.25) is 0 Å². The summed E-state index contributed by atoms with van der Waals surface area (Å²) in [7, 11) is 0. The molecule has 0 fully saturated rings. The minimum absolute atomic E-state index is 0.0787. The second-order valence-electron chi connectivity index (χ2n) is 10.5. The average molecular weight is 559 g/mol. The van der Waals surface area contributed by atoms with Gasteiger partial charge in [-0.05, 0) is 66.6 Å². The zero-order chi connectivity index (χ0) is 28.3. The van der Waals surface area contributed by atoms with Gasteiger partial charge in [0.2, 0.25) is 0 Å². The van der Waals surface area contributed by atoms with Crippen LogP contribution in [0.15, 0.2) is 91.4 Å². The molecule has 0 saturated carbocycles. The van der Waals surface area contributed by atoms with Gasteiger partial charge in [-0.2, -0.15) is 9.97 Å². The van der Waals surface area contributed by atoms with Crippen molar-refractivity contribution in [3.63, 3.8) is 0 Å². The van der Waals surface area contributed by atoms with Crippen LogP contribution in [-0.4, -0.2) is 52.3 Å². The first kappa shape index (κ1) is 25.8. The summed E-state index contributed by atoms with van der Waals surface area (Å²) >= 11 is 0. The number of ether oxygens (including phenoxy) is 1. The summed E-state index contributed by atoms with van der Waals surface area (Å²) in [6.07, 6.45) is 7.54. The molecule has 0 radical (unpaired) electrons. The third-order valence-electron chi connectivity index (χ3n) is 7.50. The summed E-state index contributed by atoms with van der Waals surface area (Å²) in [5.74, 6) is 1.19. The van der Waals surface area contributed by atoms with Crippen molar-refractivity contribution < 1.29 is 9.84 Å². The largest absolute Gasteiger partial charge is 0.424 e. The zero-order valence-corrected chi connectivity index (χ0v) is 23.0. The molecule has 1 aliphatic carbocycles. The number of para-hydroxylation sites is 1. The molecule has 2 N–H and O–H groups in total. The van der Waals surface area contributed by atoms with Crippen LogP contribution in [0.1, 0.15) is 28.8 Å². The smallest absolute Gasteiger partial charge is 0.326 e. The number of anilines is 1. The van der Waals surface area contributed by atoms with Crippen LogP contribution in [0.3, 0.4) is 0 Å². The molecule has 0 unspecified atom stereocenters. The van der Waals surface area contributed by atoms with Crippen molar-refractivity contribution in [1.29, 1.82) is 0 Å². The van der Waals surface area contributed by atoms with Crippen molar-refractivity contribution in [2.45, 2.75) is 38.3 Å². The van der Waals surface area contributed by atoms with E-state index in [9.17, 15) is 5.11 Å². The number of aryl methyl sites for hydroxylation is 2. The molecule has 0 amide bonds. The molecule has 42 heavy (non-hydrogen) atoms. The van der Waals surface area contributed by atoms with Gasteiger partial charge in [-0.15, -0.1) is 5.10 Å². The van der Waals surface area contributed by atoms with Crippen LogP contribution >= 0.6 is 0 Å². The van der Waals surface area contributed by atoms with Crippen LogP contribution in [-0.2, 0) is 25.8 Å². The van der Waals surface area contributed by atoms with Gasteiger partial charge >= 0.3 is 6.01 Å². The minimum atomic E-state index is -0.283. The van der Waals surface area contributed by atoms with Crippen LogP contribution < -0.4 is 10.1 Å². The number of nitrogens with one attached hydrogen (secondary N) is 1. The molecule has 1 aliphatic rings. The Morgan fingerprint density at radius 3 is 2.57 bits per heavy atom.